The van der Waals surface area contributed by atoms with Crippen molar-refractivity contribution in [1.29, 1.82) is 0 Å². The van der Waals surface area contributed by atoms with Crippen LogP contribution < -0.4 is 11.1 Å². The van der Waals surface area contributed by atoms with Crippen LogP contribution in [0.4, 0.5) is 0 Å². The summed E-state index contributed by atoms with van der Waals surface area (Å²) in [5, 5.41) is 3.31. The smallest absolute Gasteiger partial charge is 0.0715 e. The van der Waals surface area contributed by atoms with Gasteiger partial charge in [-0.3, -0.25) is 0 Å². The quantitative estimate of drug-likeness (QED) is 0.668. The monoisotopic (exact) mass is 186 g/mol. The first-order chi connectivity index (χ1) is 6.00. The molecule has 0 aromatic rings. The maximum absolute atomic E-state index is 6.07. The Hall–Kier alpha value is -0.120. The Balaban J connectivity index is 2.30. The van der Waals surface area contributed by atoms with Crippen LogP contribution in [0, 0.1) is 5.41 Å². The molecule has 3 nitrogen and oxygen atoms in total. The molecule has 2 unspecified atom stereocenters. The second kappa shape index (κ2) is 4.40. The third-order valence-corrected chi connectivity index (χ3v) is 2.63. The Morgan fingerprint density at radius 3 is 2.69 bits per heavy atom. The summed E-state index contributed by atoms with van der Waals surface area (Å²) in [6.45, 7) is 9.27. The number of ether oxygens (including phenoxy) is 1. The van der Waals surface area contributed by atoms with Crippen LogP contribution in [0.5, 0.6) is 0 Å². The molecule has 0 aromatic heterocycles. The molecule has 0 spiro atoms. The van der Waals surface area contributed by atoms with Gasteiger partial charge in [-0.1, -0.05) is 20.8 Å². The lowest BCUT2D eigenvalue weighted by Gasteiger charge is -2.32. The molecule has 1 saturated heterocycles. The van der Waals surface area contributed by atoms with E-state index in [9.17, 15) is 0 Å². The summed E-state index contributed by atoms with van der Waals surface area (Å²) in [5.74, 6) is 0. The van der Waals surface area contributed by atoms with Crippen LogP contribution in [0.1, 0.15) is 27.2 Å². The number of nitrogens with one attached hydrogen (secondary N) is 1. The van der Waals surface area contributed by atoms with Crippen LogP contribution in [0.3, 0.4) is 0 Å². The lowest BCUT2D eigenvalue weighted by atomic mass is 9.84. The average Bonchev–Trinajstić information content (AvgIpc) is 2.04. The number of hydrogen-bond acceptors (Lipinski definition) is 3. The minimum absolute atomic E-state index is 0.181. The molecular formula is C10H22N2O. The van der Waals surface area contributed by atoms with Crippen LogP contribution in [-0.2, 0) is 4.74 Å². The van der Waals surface area contributed by atoms with Crippen LogP contribution in [0.15, 0.2) is 0 Å². The van der Waals surface area contributed by atoms with Crippen LogP contribution in [0.25, 0.3) is 0 Å². The highest BCUT2D eigenvalue weighted by molar-refractivity contribution is 4.81. The Morgan fingerprint density at radius 1 is 1.54 bits per heavy atom. The SMILES string of the molecule is CC(C)(C)C(N)CC1CNCCO1. The van der Waals surface area contributed by atoms with Crippen LogP contribution in [0.2, 0.25) is 0 Å². The van der Waals surface area contributed by atoms with Crippen molar-refractivity contribution in [3.05, 3.63) is 0 Å². The molecule has 0 bridgehead atoms. The van der Waals surface area contributed by atoms with Gasteiger partial charge in [0.1, 0.15) is 0 Å². The second-order valence-electron chi connectivity index (χ2n) is 4.91. The second-order valence-corrected chi connectivity index (χ2v) is 4.91. The van der Waals surface area contributed by atoms with Gasteiger partial charge in [-0.25, -0.2) is 0 Å². The summed E-state index contributed by atoms with van der Waals surface area (Å²) in [6.07, 6.45) is 1.26. The van der Waals surface area contributed by atoms with Crippen LogP contribution >= 0.6 is 0 Å². The van der Waals surface area contributed by atoms with Gasteiger partial charge in [-0.2, -0.15) is 0 Å². The normalized spacial score (nSPS) is 27.2. The van der Waals surface area contributed by atoms with Gasteiger partial charge >= 0.3 is 0 Å². The first-order valence-electron chi connectivity index (χ1n) is 5.08. The van der Waals surface area contributed by atoms with E-state index in [2.05, 4.69) is 26.1 Å². The summed E-state index contributed by atoms with van der Waals surface area (Å²) in [7, 11) is 0. The van der Waals surface area contributed by atoms with E-state index in [0.717, 1.165) is 26.1 Å². The van der Waals surface area contributed by atoms with Gasteiger partial charge in [0.05, 0.1) is 12.7 Å². The molecule has 0 amide bonds. The summed E-state index contributed by atoms with van der Waals surface area (Å²) in [5.41, 5.74) is 6.26. The fraction of sp³-hybridized carbons (Fsp3) is 1.00. The van der Waals surface area contributed by atoms with E-state index < -0.39 is 0 Å². The van der Waals surface area contributed by atoms with Gasteiger partial charge in [0.25, 0.3) is 0 Å². The third-order valence-electron chi connectivity index (χ3n) is 2.63. The highest BCUT2D eigenvalue weighted by atomic mass is 16.5. The molecule has 1 rings (SSSR count). The van der Waals surface area contributed by atoms with E-state index in [0.29, 0.717) is 6.10 Å². The minimum atomic E-state index is 0.181. The summed E-state index contributed by atoms with van der Waals surface area (Å²) >= 11 is 0. The lowest BCUT2D eigenvalue weighted by Crippen LogP contribution is -2.45. The Labute approximate surface area is 81.0 Å². The molecule has 78 valence electrons. The molecular weight excluding hydrogens is 164 g/mol. The molecule has 0 aliphatic carbocycles. The molecule has 1 heterocycles. The van der Waals surface area contributed by atoms with E-state index in [-0.39, 0.29) is 11.5 Å². The van der Waals surface area contributed by atoms with Gasteiger partial charge in [0.15, 0.2) is 0 Å². The standard InChI is InChI=1S/C10H22N2O/c1-10(2,3)9(11)6-8-7-12-4-5-13-8/h8-9,12H,4-7,11H2,1-3H3. The van der Waals surface area contributed by atoms with Crippen molar-refractivity contribution >= 4 is 0 Å². The predicted molar refractivity (Wildman–Crippen MR) is 54.7 cm³/mol. The summed E-state index contributed by atoms with van der Waals surface area (Å²) in [6, 6.07) is 0.220. The fourth-order valence-corrected chi connectivity index (χ4v) is 1.41. The summed E-state index contributed by atoms with van der Waals surface area (Å²) < 4.78 is 5.60. The fourth-order valence-electron chi connectivity index (χ4n) is 1.41. The largest absolute Gasteiger partial charge is 0.376 e. The molecule has 1 fully saturated rings. The van der Waals surface area contributed by atoms with Crippen molar-refractivity contribution in [2.45, 2.75) is 39.3 Å². The van der Waals surface area contributed by atoms with Crippen molar-refractivity contribution in [3.8, 4) is 0 Å². The van der Waals surface area contributed by atoms with Crippen molar-refractivity contribution < 1.29 is 4.74 Å². The first-order valence-corrected chi connectivity index (χ1v) is 5.08. The number of rotatable bonds is 2. The molecule has 2 atom stereocenters. The van der Waals surface area contributed by atoms with Crippen LogP contribution in [-0.4, -0.2) is 31.8 Å². The van der Waals surface area contributed by atoms with Gasteiger partial charge in [0.2, 0.25) is 0 Å². The molecule has 0 aromatic carbocycles. The zero-order valence-electron chi connectivity index (χ0n) is 8.97. The molecule has 1 aliphatic rings. The molecule has 13 heavy (non-hydrogen) atoms. The zero-order valence-corrected chi connectivity index (χ0v) is 8.97. The maximum atomic E-state index is 6.07. The van der Waals surface area contributed by atoms with Crippen molar-refractivity contribution in [3.63, 3.8) is 0 Å². The van der Waals surface area contributed by atoms with E-state index in [1.807, 2.05) is 0 Å². The van der Waals surface area contributed by atoms with Crippen molar-refractivity contribution in [1.82, 2.24) is 5.32 Å². The van der Waals surface area contributed by atoms with E-state index in [1.165, 1.54) is 0 Å². The maximum Gasteiger partial charge on any atom is 0.0715 e. The first kappa shape index (κ1) is 11.0. The molecule has 0 saturated carbocycles. The number of morpholine rings is 1. The molecule has 1 aliphatic heterocycles. The number of hydrogen-bond donors (Lipinski definition) is 2. The highest BCUT2D eigenvalue weighted by Crippen LogP contribution is 2.21. The predicted octanol–water partition coefficient (Wildman–Crippen LogP) is 0.738. The van der Waals surface area contributed by atoms with E-state index >= 15 is 0 Å². The Bertz CT molecular complexity index is 147. The minimum Gasteiger partial charge on any atom is -0.376 e. The van der Waals surface area contributed by atoms with Gasteiger partial charge in [0, 0.05) is 19.1 Å². The van der Waals surface area contributed by atoms with Crippen molar-refractivity contribution in [2.24, 2.45) is 11.1 Å². The van der Waals surface area contributed by atoms with Gasteiger partial charge in [-0.05, 0) is 11.8 Å². The average molecular weight is 186 g/mol. The molecule has 0 radical (unpaired) electrons. The molecule has 3 N–H and O–H groups in total. The Morgan fingerprint density at radius 2 is 2.23 bits per heavy atom. The van der Waals surface area contributed by atoms with Gasteiger partial charge in [-0.15, -0.1) is 0 Å². The van der Waals surface area contributed by atoms with E-state index in [1.54, 1.807) is 0 Å². The molecule has 3 heteroatoms. The van der Waals surface area contributed by atoms with Gasteiger partial charge < -0.3 is 15.8 Å². The Kier molecular flexibility index (Phi) is 3.71. The summed E-state index contributed by atoms with van der Waals surface area (Å²) in [4.78, 5) is 0. The zero-order chi connectivity index (χ0) is 9.90. The van der Waals surface area contributed by atoms with Crippen molar-refractivity contribution in [2.75, 3.05) is 19.7 Å². The topological polar surface area (TPSA) is 47.3 Å². The lowest BCUT2D eigenvalue weighted by molar-refractivity contribution is 0.0124. The highest BCUT2D eigenvalue weighted by Gasteiger charge is 2.25. The number of nitrogens with two attached hydrogens (primary N) is 1. The third kappa shape index (κ3) is 3.63. The van der Waals surface area contributed by atoms with E-state index in [4.69, 9.17) is 10.5 Å².